The number of anilines is 1. The summed E-state index contributed by atoms with van der Waals surface area (Å²) in [5.41, 5.74) is 3.90. The van der Waals surface area contributed by atoms with E-state index in [1.54, 1.807) is 6.33 Å². The Morgan fingerprint density at radius 1 is 1.17 bits per heavy atom. The molecule has 1 unspecified atom stereocenters. The fraction of sp³-hybridized carbons (Fsp3) is 0.250. The molecule has 148 valence electrons. The SMILES string of the molecule is Cc1cccn2nc(C3c4nc[nH]c4CCN3c3ccc(C(F)(F)F)cn3)cc12. The fourth-order valence-corrected chi connectivity index (χ4v) is 3.86. The van der Waals surface area contributed by atoms with Gasteiger partial charge in [-0.25, -0.2) is 14.5 Å². The molecule has 0 aromatic carbocycles. The van der Waals surface area contributed by atoms with Crippen molar-refractivity contribution in [3.05, 3.63) is 77.3 Å². The zero-order valence-electron chi connectivity index (χ0n) is 15.5. The van der Waals surface area contributed by atoms with E-state index in [2.05, 4.69) is 15.0 Å². The van der Waals surface area contributed by atoms with Crippen LogP contribution in [0.5, 0.6) is 0 Å². The first-order valence-electron chi connectivity index (χ1n) is 9.19. The van der Waals surface area contributed by atoms with Gasteiger partial charge in [-0.1, -0.05) is 6.07 Å². The van der Waals surface area contributed by atoms with Crippen LogP contribution in [0, 0.1) is 6.92 Å². The van der Waals surface area contributed by atoms with Crippen LogP contribution in [0.4, 0.5) is 19.0 Å². The highest BCUT2D eigenvalue weighted by atomic mass is 19.4. The molecule has 29 heavy (non-hydrogen) atoms. The molecule has 4 aromatic heterocycles. The van der Waals surface area contributed by atoms with Crippen LogP contribution in [-0.4, -0.2) is 31.1 Å². The maximum atomic E-state index is 12.9. The van der Waals surface area contributed by atoms with Gasteiger partial charge in [0.1, 0.15) is 11.9 Å². The molecule has 0 radical (unpaired) electrons. The summed E-state index contributed by atoms with van der Waals surface area (Å²) >= 11 is 0. The van der Waals surface area contributed by atoms with Gasteiger partial charge in [0.25, 0.3) is 0 Å². The minimum atomic E-state index is -4.42. The van der Waals surface area contributed by atoms with E-state index in [-0.39, 0.29) is 6.04 Å². The highest BCUT2D eigenvalue weighted by Crippen LogP contribution is 2.37. The van der Waals surface area contributed by atoms with Crippen LogP contribution >= 0.6 is 0 Å². The number of fused-ring (bicyclic) bond motifs is 2. The molecule has 0 saturated heterocycles. The molecule has 1 N–H and O–H groups in total. The Morgan fingerprint density at radius 2 is 2.03 bits per heavy atom. The lowest BCUT2D eigenvalue weighted by molar-refractivity contribution is -0.137. The van der Waals surface area contributed by atoms with Crippen LogP contribution in [0.15, 0.2) is 49.1 Å². The molecule has 1 aliphatic rings. The van der Waals surface area contributed by atoms with Gasteiger partial charge in [0.15, 0.2) is 0 Å². The van der Waals surface area contributed by atoms with Gasteiger partial charge in [0, 0.05) is 31.1 Å². The number of halogens is 3. The number of H-pyrrole nitrogens is 1. The molecule has 4 aromatic rings. The Kier molecular flexibility index (Phi) is 3.87. The highest BCUT2D eigenvalue weighted by Gasteiger charge is 2.35. The van der Waals surface area contributed by atoms with E-state index in [0.717, 1.165) is 40.4 Å². The van der Waals surface area contributed by atoms with Crippen molar-refractivity contribution >= 4 is 11.3 Å². The Morgan fingerprint density at radius 3 is 2.76 bits per heavy atom. The first-order valence-corrected chi connectivity index (χ1v) is 9.19. The molecule has 0 amide bonds. The Bertz CT molecular complexity index is 1180. The number of aryl methyl sites for hydroxylation is 1. The first-order chi connectivity index (χ1) is 13.9. The quantitative estimate of drug-likeness (QED) is 0.556. The van der Waals surface area contributed by atoms with Gasteiger partial charge >= 0.3 is 6.18 Å². The van der Waals surface area contributed by atoms with Crippen molar-refractivity contribution in [2.45, 2.75) is 25.6 Å². The number of imidazole rings is 1. The number of nitrogens with zero attached hydrogens (tertiary/aromatic N) is 5. The van der Waals surface area contributed by atoms with Crippen molar-refractivity contribution in [1.82, 2.24) is 24.6 Å². The van der Waals surface area contributed by atoms with Crippen LogP contribution in [0.2, 0.25) is 0 Å². The molecule has 5 rings (SSSR count). The number of aromatic amines is 1. The van der Waals surface area contributed by atoms with Crippen molar-refractivity contribution in [1.29, 1.82) is 0 Å². The van der Waals surface area contributed by atoms with Crippen LogP contribution in [0.25, 0.3) is 5.52 Å². The standard InChI is InChI=1S/C20H17F3N6/c1-12-3-2-7-29-16(12)9-15(27-29)19-18-14(25-11-26-18)6-8-28(19)17-5-4-13(10-24-17)20(21,22)23/h2-5,7,9-11,19H,6,8H2,1H3,(H,25,26). The maximum Gasteiger partial charge on any atom is 0.417 e. The summed E-state index contributed by atoms with van der Waals surface area (Å²) in [5, 5.41) is 4.72. The molecule has 1 aliphatic heterocycles. The lowest BCUT2D eigenvalue weighted by Crippen LogP contribution is -2.37. The molecular formula is C20H17F3N6. The summed E-state index contributed by atoms with van der Waals surface area (Å²) in [5.74, 6) is 0.463. The molecule has 6 nitrogen and oxygen atoms in total. The van der Waals surface area contributed by atoms with Gasteiger partial charge in [-0.3, -0.25) is 0 Å². The normalized spacial score (nSPS) is 17.0. The summed E-state index contributed by atoms with van der Waals surface area (Å²) in [6, 6.07) is 8.07. The molecule has 0 aliphatic carbocycles. The third-order valence-corrected chi connectivity index (χ3v) is 5.31. The Hall–Kier alpha value is -3.36. The second-order valence-corrected chi connectivity index (χ2v) is 7.11. The second kappa shape index (κ2) is 6.33. The molecule has 0 fully saturated rings. The molecule has 0 bridgehead atoms. The highest BCUT2D eigenvalue weighted by molar-refractivity contribution is 5.57. The zero-order valence-corrected chi connectivity index (χ0v) is 15.5. The second-order valence-electron chi connectivity index (χ2n) is 7.11. The predicted molar refractivity (Wildman–Crippen MR) is 101 cm³/mol. The number of rotatable bonds is 2. The predicted octanol–water partition coefficient (Wildman–Crippen LogP) is 3.93. The van der Waals surface area contributed by atoms with Crippen molar-refractivity contribution in [3.8, 4) is 0 Å². The van der Waals surface area contributed by atoms with Gasteiger partial charge in [-0.2, -0.15) is 18.3 Å². The number of aromatic nitrogens is 5. The van der Waals surface area contributed by atoms with Crippen LogP contribution < -0.4 is 4.90 Å². The topological polar surface area (TPSA) is 62.1 Å². The van der Waals surface area contributed by atoms with E-state index in [4.69, 9.17) is 5.10 Å². The van der Waals surface area contributed by atoms with E-state index in [1.165, 1.54) is 6.07 Å². The van der Waals surface area contributed by atoms with Gasteiger partial charge < -0.3 is 9.88 Å². The number of pyridine rings is 2. The van der Waals surface area contributed by atoms with Gasteiger partial charge in [0.05, 0.1) is 28.8 Å². The average molecular weight is 398 g/mol. The summed E-state index contributed by atoms with van der Waals surface area (Å²) < 4.78 is 40.6. The monoisotopic (exact) mass is 398 g/mol. The molecular weight excluding hydrogens is 381 g/mol. The smallest absolute Gasteiger partial charge is 0.348 e. The molecule has 5 heterocycles. The lowest BCUT2D eigenvalue weighted by atomic mass is 9.99. The maximum absolute atomic E-state index is 12.9. The van der Waals surface area contributed by atoms with Gasteiger partial charge in [-0.05, 0) is 36.8 Å². The van der Waals surface area contributed by atoms with Crippen molar-refractivity contribution in [2.24, 2.45) is 0 Å². The van der Waals surface area contributed by atoms with Crippen molar-refractivity contribution < 1.29 is 13.2 Å². The van der Waals surface area contributed by atoms with E-state index < -0.39 is 11.7 Å². The van der Waals surface area contributed by atoms with E-state index in [0.29, 0.717) is 18.8 Å². The van der Waals surface area contributed by atoms with E-state index in [9.17, 15) is 13.2 Å². The minimum absolute atomic E-state index is 0.339. The number of alkyl halides is 3. The fourth-order valence-electron chi connectivity index (χ4n) is 3.86. The molecule has 9 heteroatoms. The minimum Gasteiger partial charge on any atom is -0.348 e. The Balaban J connectivity index is 1.61. The average Bonchev–Trinajstić information content (AvgIpc) is 3.34. The lowest BCUT2D eigenvalue weighted by Gasteiger charge is -2.35. The largest absolute Gasteiger partial charge is 0.417 e. The third kappa shape index (κ3) is 2.93. The van der Waals surface area contributed by atoms with E-state index in [1.807, 2.05) is 40.7 Å². The summed E-state index contributed by atoms with van der Waals surface area (Å²) in [6.45, 7) is 2.60. The van der Waals surface area contributed by atoms with Gasteiger partial charge in [0.2, 0.25) is 0 Å². The summed E-state index contributed by atoms with van der Waals surface area (Å²) in [7, 11) is 0. The van der Waals surface area contributed by atoms with Crippen molar-refractivity contribution in [2.75, 3.05) is 11.4 Å². The molecule has 0 spiro atoms. The Labute approximate surface area is 164 Å². The molecule has 0 saturated carbocycles. The van der Waals surface area contributed by atoms with E-state index >= 15 is 0 Å². The van der Waals surface area contributed by atoms with Crippen LogP contribution in [0.1, 0.15) is 34.3 Å². The number of hydrogen-bond donors (Lipinski definition) is 1. The number of hydrogen-bond acceptors (Lipinski definition) is 4. The first kappa shape index (κ1) is 17.7. The third-order valence-electron chi connectivity index (χ3n) is 5.31. The number of nitrogens with one attached hydrogen (secondary N) is 1. The van der Waals surface area contributed by atoms with Crippen LogP contribution in [0.3, 0.4) is 0 Å². The van der Waals surface area contributed by atoms with Gasteiger partial charge in [-0.15, -0.1) is 0 Å². The van der Waals surface area contributed by atoms with Crippen molar-refractivity contribution in [3.63, 3.8) is 0 Å². The zero-order chi connectivity index (χ0) is 20.2. The van der Waals surface area contributed by atoms with Crippen LogP contribution in [-0.2, 0) is 12.6 Å². The summed E-state index contributed by atoms with van der Waals surface area (Å²) in [4.78, 5) is 13.7. The summed E-state index contributed by atoms with van der Waals surface area (Å²) in [6.07, 6.45) is 0.672. The molecule has 1 atom stereocenters.